The maximum Gasteiger partial charge on any atom is 0.251 e. The summed E-state index contributed by atoms with van der Waals surface area (Å²) in [5, 5.41) is 12.5. The first-order valence-electron chi connectivity index (χ1n) is 10.5. The van der Waals surface area contributed by atoms with E-state index in [0.29, 0.717) is 30.2 Å². The molecule has 0 radical (unpaired) electrons. The van der Waals surface area contributed by atoms with Crippen molar-refractivity contribution in [2.75, 3.05) is 24.5 Å². The number of nitrogens with zero attached hydrogens (tertiary/aromatic N) is 5. The summed E-state index contributed by atoms with van der Waals surface area (Å²) in [6.07, 6.45) is 6.95. The smallest absolute Gasteiger partial charge is 0.251 e. The molecule has 5 heterocycles. The molecule has 156 valence electrons. The number of carbonyl (C=O) groups is 1. The monoisotopic (exact) mass is 415 g/mol. The molecule has 3 saturated heterocycles. The summed E-state index contributed by atoms with van der Waals surface area (Å²) in [7, 11) is 0. The molecule has 0 aliphatic carbocycles. The SMILES string of the molecule is N#Cc1nccnc1N1C[C@@H]2[C@H](CNC(=O)c3ccc4nc[nH]c4c3)[C@H]3CC[C@]2(C1)O3. The summed E-state index contributed by atoms with van der Waals surface area (Å²) >= 11 is 0. The molecule has 1 spiro atoms. The fourth-order valence-corrected chi connectivity index (χ4v) is 5.66. The molecule has 2 aromatic heterocycles. The number of hydrogen-bond acceptors (Lipinski definition) is 7. The van der Waals surface area contributed by atoms with Crippen LogP contribution in [0.2, 0.25) is 0 Å². The lowest BCUT2D eigenvalue weighted by Gasteiger charge is -2.29. The van der Waals surface area contributed by atoms with Crippen LogP contribution in [0, 0.1) is 23.2 Å². The average molecular weight is 415 g/mol. The quantitative estimate of drug-likeness (QED) is 0.665. The largest absolute Gasteiger partial charge is 0.369 e. The molecular weight excluding hydrogens is 394 g/mol. The minimum atomic E-state index is -0.223. The molecule has 9 nitrogen and oxygen atoms in total. The maximum atomic E-state index is 12.8. The minimum absolute atomic E-state index is 0.0936. The van der Waals surface area contributed by atoms with Crippen molar-refractivity contribution in [3.63, 3.8) is 0 Å². The molecule has 1 amide bonds. The van der Waals surface area contributed by atoms with E-state index in [1.165, 1.54) is 6.20 Å². The Morgan fingerprint density at radius 1 is 1.35 bits per heavy atom. The summed E-state index contributed by atoms with van der Waals surface area (Å²) < 4.78 is 6.47. The van der Waals surface area contributed by atoms with E-state index in [1.807, 2.05) is 12.1 Å². The molecular formula is C22H21N7O2. The van der Waals surface area contributed by atoms with Gasteiger partial charge in [0.15, 0.2) is 11.5 Å². The van der Waals surface area contributed by atoms with E-state index in [9.17, 15) is 10.1 Å². The average Bonchev–Trinajstić information content (AvgIpc) is 3.56. The summed E-state index contributed by atoms with van der Waals surface area (Å²) in [5.41, 5.74) is 2.42. The molecule has 6 rings (SSSR count). The second kappa shape index (κ2) is 6.75. The molecule has 0 saturated carbocycles. The number of fused-ring (bicyclic) bond motifs is 2. The Morgan fingerprint density at radius 2 is 2.26 bits per heavy atom. The fourth-order valence-electron chi connectivity index (χ4n) is 5.66. The van der Waals surface area contributed by atoms with Gasteiger partial charge in [-0.25, -0.2) is 15.0 Å². The van der Waals surface area contributed by atoms with Crippen LogP contribution in [0.4, 0.5) is 5.82 Å². The summed E-state index contributed by atoms with van der Waals surface area (Å²) in [6.45, 7) is 2.03. The molecule has 2 bridgehead atoms. The topological polar surface area (TPSA) is 120 Å². The van der Waals surface area contributed by atoms with Crippen LogP contribution < -0.4 is 10.2 Å². The van der Waals surface area contributed by atoms with Crippen molar-refractivity contribution in [3.8, 4) is 6.07 Å². The van der Waals surface area contributed by atoms with Gasteiger partial charge in [-0.15, -0.1) is 0 Å². The van der Waals surface area contributed by atoms with Crippen molar-refractivity contribution in [1.29, 1.82) is 5.26 Å². The van der Waals surface area contributed by atoms with Gasteiger partial charge >= 0.3 is 0 Å². The first-order valence-corrected chi connectivity index (χ1v) is 10.5. The Labute approximate surface area is 178 Å². The number of imidazole rings is 1. The van der Waals surface area contributed by atoms with Crippen molar-refractivity contribution in [3.05, 3.63) is 48.2 Å². The van der Waals surface area contributed by atoms with Gasteiger partial charge in [-0.05, 0) is 31.0 Å². The lowest BCUT2D eigenvalue weighted by atomic mass is 9.73. The van der Waals surface area contributed by atoms with Crippen molar-refractivity contribution >= 4 is 22.8 Å². The van der Waals surface area contributed by atoms with E-state index < -0.39 is 0 Å². The van der Waals surface area contributed by atoms with Gasteiger partial charge in [0.25, 0.3) is 5.91 Å². The number of benzene rings is 1. The van der Waals surface area contributed by atoms with Crippen LogP contribution in [0.1, 0.15) is 28.9 Å². The number of rotatable bonds is 4. The zero-order valence-corrected chi connectivity index (χ0v) is 16.8. The molecule has 0 unspecified atom stereocenters. The molecule has 3 fully saturated rings. The van der Waals surface area contributed by atoms with Gasteiger partial charge in [-0.1, -0.05) is 0 Å². The second-order valence-electron chi connectivity index (χ2n) is 8.60. The van der Waals surface area contributed by atoms with Crippen LogP contribution in [0.25, 0.3) is 11.0 Å². The van der Waals surface area contributed by atoms with Crippen LogP contribution in [0.15, 0.2) is 36.9 Å². The molecule has 9 heteroatoms. The highest BCUT2D eigenvalue weighted by Gasteiger charge is 2.63. The standard InChI is InChI=1S/C22H21N7O2/c23-8-18-20(25-6-5-24-18)29-10-15-14(19-3-4-22(15,11-29)31-19)9-26-21(30)13-1-2-16-17(7-13)28-12-27-16/h1-2,5-7,12,14-15,19H,3-4,9-11H2,(H,26,30)(H,27,28)/t14-,15+,19+,22+/m0/s1. The highest BCUT2D eigenvalue weighted by Crippen LogP contribution is 2.55. The zero-order valence-electron chi connectivity index (χ0n) is 16.8. The van der Waals surface area contributed by atoms with Crippen LogP contribution in [-0.4, -0.2) is 57.2 Å². The molecule has 3 aliphatic rings. The normalized spacial score (nSPS) is 28.6. The van der Waals surface area contributed by atoms with E-state index in [1.54, 1.807) is 18.6 Å². The molecule has 31 heavy (non-hydrogen) atoms. The number of hydrogen-bond donors (Lipinski definition) is 2. The number of anilines is 1. The van der Waals surface area contributed by atoms with Gasteiger partial charge in [0.2, 0.25) is 0 Å². The number of carbonyl (C=O) groups excluding carboxylic acids is 1. The predicted octanol–water partition coefficient (Wildman–Crippen LogP) is 1.64. The number of nitrogens with one attached hydrogen (secondary N) is 2. The van der Waals surface area contributed by atoms with Gasteiger partial charge in [-0.3, -0.25) is 4.79 Å². The maximum absolute atomic E-state index is 12.8. The summed E-state index contributed by atoms with van der Waals surface area (Å²) in [6, 6.07) is 7.61. The lowest BCUT2D eigenvalue weighted by molar-refractivity contribution is 0.0141. The van der Waals surface area contributed by atoms with Crippen LogP contribution >= 0.6 is 0 Å². The number of aromatic amines is 1. The van der Waals surface area contributed by atoms with E-state index in [-0.39, 0.29) is 29.4 Å². The van der Waals surface area contributed by atoms with E-state index in [4.69, 9.17) is 4.74 Å². The Hall–Kier alpha value is -3.51. The van der Waals surface area contributed by atoms with Gasteiger partial charge in [0.05, 0.1) is 29.1 Å². The van der Waals surface area contributed by atoms with Crippen LogP contribution in [-0.2, 0) is 4.74 Å². The fraction of sp³-hybridized carbons (Fsp3) is 0.409. The summed E-state index contributed by atoms with van der Waals surface area (Å²) in [5.74, 6) is 1.05. The number of aromatic nitrogens is 4. The Bertz CT molecular complexity index is 1220. The van der Waals surface area contributed by atoms with Gasteiger partial charge in [-0.2, -0.15) is 5.26 Å². The third-order valence-corrected chi connectivity index (χ3v) is 7.05. The number of H-pyrrole nitrogens is 1. The molecule has 1 aromatic carbocycles. The number of ether oxygens (including phenoxy) is 1. The second-order valence-corrected chi connectivity index (χ2v) is 8.60. The van der Waals surface area contributed by atoms with Crippen molar-refractivity contribution in [1.82, 2.24) is 25.3 Å². The third-order valence-electron chi connectivity index (χ3n) is 7.05. The van der Waals surface area contributed by atoms with Crippen molar-refractivity contribution in [2.45, 2.75) is 24.5 Å². The summed E-state index contributed by atoms with van der Waals surface area (Å²) in [4.78, 5) is 30.7. The minimum Gasteiger partial charge on any atom is -0.369 e. The van der Waals surface area contributed by atoms with E-state index in [2.05, 4.69) is 36.2 Å². The zero-order chi connectivity index (χ0) is 21.0. The lowest BCUT2D eigenvalue weighted by Crippen LogP contribution is -2.41. The van der Waals surface area contributed by atoms with Gasteiger partial charge in [0.1, 0.15) is 6.07 Å². The van der Waals surface area contributed by atoms with Gasteiger partial charge in [0, 0.05) is 49.4 Å². The predicted molar refractivity (Wildman–Crippen MR) is 111 cm³/mol. The molecule has 3 aliphatic heterocycles. The molecule has 4 atom stereocenters. The molecule has 3 aromatic rings. The van der Waals surface area contributed by atoms with Crippen LogP contribution in [0.3, 0.4) is 0 Å². The molecule has 2 N–H and O–H groups in total. The first-order chi connectivity index (χ1) is 15.2. The number of nitriles is 1. The highest BCUT2D eigenvalue weighted by atomic mass is 16.5. The van der Waals surface area contributed by atoms with Gasteiger partial charge < -0.3 is 19.9 Å². The Balaban J connectivity index is 1.19. The van der Waals surface area contributed by atoms with E-state index >= 15 is 0 Å². The first kappa shape index (κ1) is 18.3. The Kier molecular flexibility index (Phi) is 3.98. The van der Waals surface area contributed by atoms with Crippen molar-refractivity contribution < 1.29 is 9.53 Å². The Morgan fingerprint density at radius 3 is 3.16 bits per heavy atom. The van der Waals surface area contributed by atoms with E-state index in [0.717, 1.165) is 30.4 Å². The third kappa shape index (κ3) is 2.79. The highest BCUT2D eigenvalue weighted by molar-refractivity contribution is 5.97. The number of amides is 1. The van der Waals surface area contributed by atoms with Crippen LogP contribution in [0.5, 0.6) is 0 Å². The van der Waals surface area contributed by atoms with Crippen molar-refractivity contribution in [2.24, 2.45) is 11.8 Å².